The minimum Gasteiger partial charge on any atom is -0.462 e. The van der Waals surface area contributed by atoms with E-state index in [9.17, 15) is 18.0 Å². The molecule has 1 N–H and O–H groups in total. The maximum Gasteiger partial charge on any atom is 0.416 e. The molecule has 0 radical (unpaired) electrons. The number of carbonyl (C=O) groups is 1. The second-order valence-electron chi connectivity index (χ2n) is 5.54. The molecular weight excluding hydrogens is 379 g/mol. The molecule has 0 amide bonds. The summed E-state index contributed by atoms with van der Waals surface area (Å²) in [5.41, 5.74) is 0.155. The van der Waals surface area contributed by atoms with Crippen molar-refractivity contribution < 1.29 is 22.7 Å². The van der Waals surface area contributed by atoms with Crippen LogP contribution in [0.3, 0.4) is 0 Å². The van der Waals surface area contributed by atoms with Crippen molar-refractivity contribution in [2.75, 3.05) is 18.2 Å². The van der Waals surface area contributed by atoms with Crippen LogP contribution < -0.4 is 5.32 Å². The normalized spacial score (nSPS) is 11.3. The number of rotatable bonds is 7. The molecule has 1 aromatic heterocycles. The lowest BCUT2D eigenvalue weighted by Crippen LogP contribution is -2.14. The van der Waals surface area contributed by atoms with Crippen LogP contribution in [0.15, 0.2) is 29.6 Å². The SMILES string of the molecule is CCOC(=O)c1cnc(SC)nc1NCc1ccc(CC)c(C(F)(F)F)c1. The van der Waals surface area contributed by atoms with E-state index >= 15 is 0 Å². The minimum absolute atomic E-state index is 0.0737. The Morgan fingerprint density at radius 1 is 1.30 bits per heavy atom. The van der Waals surface area contributed by atoms with E-state index in [1.807, 2.05) is 0 Å². The first kappa shape index (κ1) is 21.0. The van der Waals surface area contributed by atoms with Crippen LogP contribution in [-0.4, -0.2) is 28.8 Å². The largest absolute Gasteiger partial charge is 0.462 e. The molecule has 2 rings (SSSR count). The number of thioether (sulfide) groups is 1. The molecule has 0 bridgehead atoms. The van der Waals surface area contributed by atoms with Gasteiger partial charge in [-0.15, -0.1) is 0 Å². The Morgan fingerprint density at radius 2 is 2.04 bits per heavy atom. The van der Waals surface area contributed by atoms with Gasteiger partial charge in [0.15, 0.2) is 5.16 Å². The summed E-state index contributed by atoms with van der Waals surface area (Å²) in [5, 5.41) is 3.36. The van der Waals surface area contributed by atoms with Crippen LogP contribution in [0.2, 0.25) is 0 Å². The smallest absolute Gasteiger partial charge is 0.416 e. The average molecular weight is 399 g/mol. The Kier molecular flexibility index (Phi) is 7.06. The van der Waals surface area contributed by atoms with Gasteiger partial charge in [0.2, 0.25) is 0 Å². The third-order valence-electron chi connectivity index (χ3n) is 3.77. The van der Waals surface area contributed by atoms with Gasteiger partial charge in [0, 0.05) is 12.7 Å². The standard InChI is InChI=1S/C18H20F3N3O2S/c1-4-12-7-6-11(8-14(12)18(19,20)21)9-22-15-13(16(25)26-5-2)10-23-17(24-15)27-3/h6-8,10H,4-5,9H2,1-3H3,(H,22,23,24). The Balaban J connectivity index is 2.29. The topological polar surface area (TPSA) is 64.1 Å². The molecule has 1 heterocycles. The molecule has 0 spiro atoms. The summed E-state index contributed by atoms with van der Waals surface area (Å²) in [4.78, 5) is 20.3. The molecule has 0 fully saturated rings. The molecule has 146 valence electrons. The predicted molar refractivity (Wildman–Crippen MR) is 97.9 cm³/mol. The molecule has 27 heavy (non-hydrogen) atoms. The van der Waals surface area contributed by atoms with Gasteiger partial charge in [-0.3, -0.25) is 0 Å². The van der Waals surface area contributed by atoms with Gasteiger partial charge in [0.25, 0.3) is 0 Å². The van der Waals surface area contributed by atoms with Gasteiger partial charge >= 0.3 is 12.1 Å². The van der Waals surface area contributed by atoms with Crippen LogP contribution in [0, 0.1) is 0 Å². The summed E-state index contributed by atoms with van der Waals surface area (Å²) < 4.78 is 44.7. The monoisotopic (exact) mass is 399 g/mol. The first-order valence-electron chi connectivity index (χ1n) is 8.31. The van der Waals surface area contributed by atoms with Crippen molar-refractivity contribution >= 4 is 23.5 Å². The number of aryl methyl sites for hydroxylation is 1. The van der Waals surface area contributed by atoms with Gasteiger partial charge in [-0.25, -0.2) is 14.8 Å². The first-order chi connectivity index (χ1) is 12.8. The Bertz CT molecular complexity index is 813. The lowest BCUT2D eigenvalue weighted by atomic mass is 10.0. The highest BCUT2D eigenvalue weighted by Gasteiger charge is 2.33. The number of alkyl halides is 3. The van der Waals surface area contributed by atoms with E-state index in [1.54, 1.807) is 26.2 Å². The summed E-state index contributed by atoms with van der Waals surface area (Å²) in [5.74, 6) is -0.370. The van der Waals surface area contributed by atoms with Crippen molar-refractivity contribution in [3.8, 4) is 0 Å². The van der Waals surface area contributed by atoms with Crippen LogP contribution >= 0.6 is 11.8 Å². The fourth-order valence-corrected chi connectivity index (χ4v) is 2.79. The van der Waals surface area contributed by atoms with Crippen molar-refractivity contribution in [2.24, 2.45) is 0 Å². The molecule has 0 atom stereocenters. The van der Waals surface area contributed by atoms with Crippen molar-refractivity contribution in [3.05, 3.63) is 46.6 Å². The lowest BCUT2D eigenvalue weighted by Gasteiger charge is -2.15. The van der Waals surface area contributed by atoms with Crippen LogP contribution in [0.5, 0.6) is 0 Å². The first-order valence-corrected chi connectivity index (χ1v) is 9.53. The van der Waals surface area contributed by atoms with E-state index < -0.39 is 17.7 Å². The van der Waals surface area contributed by atoms with Gasteiger partial charge in [-0.2, -0.15) is 13.2 Å². The van der Waals surface area contributed by atoms with Crippen LogP contribution in [-0.2, 0) is 23.9 Å². The van der Waals surface area contributed by atoms with Gasteiger partial charge in [0.05, 0.1) is 12.2 Å². The highest BCUT2D eigenvalue weighted by molar-refractivity contribution is 7.98. The summed E-state index contributed by atoms with van der Waals surface area (Å²) in [6, 6.07) is 4.22. The number of nitrogens with zero attached hydrogens (tertiary/aromatic N) is 2. The van der Waals surface area contributed by atoms with E-state index in [0.29, 0.717) is 17.1 Å². The van der Waals surface area contributed by atoms with Crippen LogP contribution in [0.25, 0.3) is 0 Å². The fraction of sp³-hybridized carbons (Fsp3) is 0.389. The molecule has 0 unspecified atom stereocenters. The van der Waals surface area contributed by atoms with Crippen LogP contribution in [0.1, 0.15) is 40.9 Å². The third kappa shape index (κ3) is 5.35. The molecular formula is C18H20F3N3O2S. The Hall–Kier alpha value is -2.29. The van der Waals surface area contributed by atoms with Crippen LogP contribution in [0.4, 0.5) is 19.0 Å². The summed E-state index contributed by atoms with van der Waals surface area (Å²) >= 11 is 1.29. The molecule has 2 aromatic rings. The highest BCUT2D eigenvalue weighted by Crippen LogP contribution is 2.33. The molecule has 0 saturated carbocycles. The zero-order chi connectivity index (χ0) is 20.0. The van der Waals surface area contributed by atoms with E-state index in [4.69, 9.17) is 4.74 Å². The number of ether oxygens (including phenoxy) is 1. The molecule has 5 nitrogen and oxygen atoms in total. The van der Waals surface area contributed by atoms with E-state index in [-0.39, 0.29) is 30.1 Å². The van der Waals surface area contributed by atoms with Crippen molar-refractivity contribution in [1.82, 2.24) is 9.97 Å². The highest BCUT2D eigenvalue weighted by atomic mass is 32.2. The molecule has 1 aromatic carbocycles. The number of benzene rings is 1. The van der Waals surface area contributed by atoms with Crippen molar-refractivity contribution in [1.29, 1.82) is 0 Å². The summed E-state index contributed by atoms with van der Waals surface area (Å²) in [7, 11) is 0. The third-order valence-corrected chi connectivity index (χ3v) is 4.33. The second-order valence-corrected chi connectivity index (χ2v) is 6.31. The molecule has 0 aliphatic rings. The number of nitrogens with one attached hydrogen (secondary N) is 1. The number of esters is 1. The zero-order valence-electron chi connectivity index (χ0n) is 15.2. The molecule has 0 aliphatic carbocycles. The van der Waals surface area contributed by atoms with Gasteiger partial charge in [-0.05, 0) is 36.8 Å². The molecule has 0 saturated heterocycles. The Morgan fingerprint density at radius 3 is 2.63 bits per heavy atom. The number of halogens is 3. The number of aromatic nitrogens is 2. The summed E-state index contributed by atoms with van der Waals surface area (Å²) in [6.45, 7) is 3.62. The zero-order valence-corrected chi connectivity index (χ0v) is 16.0. The Labute approximate surface area is 159 Å². The van der Waals surface area contributed by atoms with Gasteiger partial charge < -0.3 is 10.1 Å². The van der Waals surface area contributed by atoms with Crippen molar-refractivity contribution in [2.45, 2.75) is 38.1 Å². The lowest BCUT2D eigenvalue weighted by molar-refractivity contribution is -0.138. The number of anilines is 1. The van der Waals surface area contributed by atoms with Crippen molar-refractivity contribution in [3.63, 3.8) is 0 Å². The summed E-state index contributed by atoms with van der Waals surface area (Å²) in [6.07, 6.45) is -1.00. The van der Waals surface area contributed by atoms with Gasteiger partial charge in [-0.1, -0.05) is 30.8 Å². The van der Waals surface area contributed by atoms with E-state index in [0.717, 1.165) is 6.07 Å². The van der Waals surface area contributed by atoms with Gasteiger partial charge in [0.1, 0.15) is 11.4 Å². The molecule has 9 heteroatoms. The number of hydrogen-bond acceptors (Lipinski definition) is 6. The number of hydrogen-bond donors (Lipinski definition) is 1. The minimum atomic E-state index is -4.42. The maximum atomic E-state index is 13.2. The second kappa shape index (κ2) is 9.07. The van der Waals surface area contributed by atoms with E-state index in [1.165, 1.54) is 24.0 Å². The molecule has 0 aliphatic heterocycles. The van der Waals surface area contributed by atoms with E-state index in [2.05, 4.69) is 15.3 Å². The number of carbonyl (C=O) groups excluding carboxylic acids is 1. The average Bonchev–Trinajstić information content (AvgIpc) is 2.65. The predicted octanol–water partition coefficient (Wildman–Crippen LogP) is 4.57. The fourth-order valence-electron chi connectivity index (χ4n) is 2.45. The quantitative estimate of drug-likeness (QED) is 0.418. The maximum absolute atomic E-state index is 13.2.